The standard InChI is InChI=1S/C20H36O2/c1-6-19(4,22)13-10-16-15(2)8-9-17-18(3,14-21)11-7-12-20(16,17)5/h6,15-17,21-22H,1,7-14H2,2-5H3. The molecule has 2 nitrogen and oxygen atoms in total. The van der Waals surface area contributed by atoms with Crippen LogP contribution in [0.2, 0.25) is 0 Å². The van der Waals surface area contributed by atoms with Crippen molar-refractivity contribution >= 4 is 0 Å². The lowest BCUT2D eigenvalue weighted by Crippen LogP contribution is -2.53. The molecular formula is C20H36O2. The molecule has 0 aromatic heterocycles. The molecule has 0 heterocycles. The van der Waals surface area contributed by atoms with Crippen LogP contribution in [0.3, 0.4) is 0 Å². The number of hydrogen-bond acceptors (Lipinski definition) is 2. The van der Waals surface area contributed by atoms with Crippen LogP contribution >= 0.6 is 0 Å². The minimum atomic E-state index is -0.752. The number of aliphatic hydroxyl groups is 2. The predicted molar refractivity (Wildman–Crippen MR) is 92.6 cm³/mol. The van der Waals surface area contributed by atoms with Crippen LogP contribution < -0.4 is 0 Å². The zero-order valence-corrected chi connectivity index (χ0v) is 15.1. The van der Waals surface area contributed by atoms with Crippen LogP contribution in [0.15, 0.2) is 12.7 Å². The van der Waals surface area contributed by atoms with E-state index in [1.165, 1.54) is 25.7 Å². The summed E-state index contributed by atoms with van der Waals surface area (Å²) in [7, 11) is 0. The number of rotatable bonds is 5. The molecule has 2 aliphatic carbocycles. The summed E-state index contributed by atoms with van der Waals surface area (Å²) in [5, 5.41) is 20.3. The van der Waals surface area contributed by atoms with E-state index in [4.69, 9.17) is 0 Å². The lowest BCUT2D eigenvalue weighted by Gasteiger charge is -2.60. The van der Waals surface area contributed by atoms with Crippen molar-refractivity contribution in [1.82, 2.24) is 0 Å². The Morgan fingerprint density at radius 3 is 2.55 bits per heavy atom. The molecule has 2 aliphatic rings. The van der Waals surface area contributed by atoms with E-state index in [1.807, 2.05) is 6.92 Å². The van der Waals surface area contributed by atoms with Crippen molar-refractivity contribution in [2.45, 2.75) is 78.2 Å². The number of fused-ring (bicyclic) bond motifs is 1. The molecule has 0 aliphatic heterocycles. The molecule has 0 bridgehead atoms. The summed E-state index contributed by atoms with van der Waals surface area (Å²) in [6, 6.07) is 0. The summed E-state index contributed by atoms with van der Waals surface area (Å²) in [6.07, 6.45) is 9.72. The Labute approximate surface area is 137 Å². The predicted octanol–water partition coefficient (Wildman–Crippen LogP) is 4.55. The zero-order valence-electron chi connectivity index (χ0n) is 15.1. The van der Waals surface area contributed by atoms with Gasteiger partial charge in [-0.1, -0.05) is 39.7 Å². The van der Waals surface area contributed by atoms with E-state index in [1.54, 1.807) is 6.08 Å². The maximum Gasteiger partial charge on any atom is 0.0797 e. The van der Waals surface area contributed by atoms with Crippen LogP contribution in [0.1, 0.15) is 72.6 Å². The second kappa shape index (κ2) is 6.28. The van der Waals surface area contributed by atoms with Crippen molar-refractivity contribution in [3.05, 3.63) is 12.7 Å². The Hall–Kier alpha value is -0.340. The van der Waals surface area contributed by atoms with Crippen LogP contribution in [-0.4, -0.2) is 22.4 Å². The van der Waals surface area contributed by atoms with Gasteiger partial charge >= 0.3 is 0 Å². The Bertz CT molecular complexity index is 403. The highest BCUT2D eigenvalue weighted by Gasteiger charge is 2.54. The lowest BCUT2D eigenvalue weighted by molar-refractivity contribution is -0.122. The Kier molecular flexibility index (Phi) is 5.14. The second-order valence-electron chi connectivity index (χ2n) is 8.99. The van der Waals surface area contributed by atoms with E-state index in [0.717, 1.165) is 19.3 Å². The van der Waals surface area contributed by atoms with Crippen molar-refractivity contribution in [2.75, 3.05) is 6.61 Å². The van der Waals surface area contributed by atoms with Crippen LogP contribution in [-0.2, 0) is 0 Å². The monoisotopic (exact) mass is 308 g/mol. The van der Waals surface area contributed by atoms with Crippen molar-refractivity contribution in [3.8, 4) is 0 Å². The molecule has 0 saturated heterocycles. The highest BCUT2D eigenvalue weighted by molar-refractivity contribution is 5.04. The summed E-state index contributed by atoms with van der Waals surface area (Å²) in [6.45, 7) is 13.1. The van der Waals surface area contributed by atoms with E-state index < -0.39 is 5.60 Å². The molecule has 0 aromatic rings. The van der Waals surface area contributed by atoms with Gasteiger partial charge in [0, 0.05) is 6.61 Å². The van der Waals surface area contributed by atoms with Gasteiger partial charge in [0.25, 0.3) is 0 Å². The van der Waals surface area contributed by atoms with Crippen molar-refractivity contribution in [3.63, 3.8) is 0 Å². The molecule has 6 unspecified atom stereocenters. The molecule has 22 heavy (non-hydrogen) atoms. The van der Waals surface area contributed by atoms with Crippen molar-refractivity contribution in [2.24, 2.45) is 28.6 Å². The highest BCUT2D eigenvalue weighted by atomic mass is 16.3. The molecule has 6 atom stereocenters. The van der Waals surface area contributed by atoms with Gasteiger partial charge in [-0.3, -0.25) is 0 Å². The van der Waals surface area contributed by atoms with Crippen LogP contribution in [0.4, 0.5) is 0 Å². The molecule has 2 rings (SSSR count). The Balaban J connectivity index is 2.22. The normalized spacial score (nSPS) is 44.9. The van der Waals surface area contributed by atoms with E-state index in [-0.39, 0.29) is 5.41 Å². The molecule has 0 aromatic carbocycles. The molecule has 0 amide bonds. The fourth-order valence-electron chi connectivity index (χ4n) is 5.77. The summed E-state index contributed by atoms with van der Waals surface area (Å²) < 4.78 is 0. The maximum atomic E-state index is 10.3. The first-order valence-corrected chi connectivity index (χ1v) is 9.15. The molecule has 128 valence electrons. The van der Waals surface area contributed by atoms with Gasteiger partial charge < -0.3 is 10.2 Å². The van der Waals surface area contributed by atoms with Gasteiger partial charge in [0.2, 0.25) is 0 Å². The van der Waals surface area contributed by atoms with Gasteiger partial charge in [0.15, 0.2) is 0 Å². The third kappa shape index (κ3) is 3.14. The first-order valence-electron chi connectivity index (χ1n) is 9.15. The quantitative estimate of drug-likeness (QED) is 0.731. The fraction of sp³-hybridized carbons (Fsp3) is 0.900. The molecule has 2 fully saturated rings. The van der Waals surface area contributed by atoms with E-state index in [2.05, 4.69) is 27.4 Å². The largest absolute Gasteiger partial charge is 0.396 e. The first kappa shape index (κ1) is 18.0. The topological polar surface area (TPSA) is 40.5 Å². The average Bonchev–Trinajstić information content (AvgIpc) is 2.46. The van der Waals surface area contributed by atoms with E-state index >= 15 is 0 Å². The van der Waals surface area contributed by atoms with Gasteiger partial charge in [-0.15, -0.1) is 6.58 Å². The van der Waals surface area contributed by atoms with Gasteiger partial charge in [-0.2, -0.15) is 0 Å². The van der Waals surface area contributed by atoms with Crippen LogP contribution in [0, 0.1) is 28.6 Å². The summed E-state index contributed by atoms with van der Waals surface area (Å²) in [4.78, 5) is 0. The van der Waals surface area contributed by atoms with Gasteiger partial charge in [-0.05, 0) is 67.6 Å². The molecule has 2 saturated carbocycles. The summed E-state index contributed by atoms with van der Waals surface area (Å²) in [5.41, 5.74) is -0.352. The molecule has 2 heteroatoms. The first-order chi connectivity index (χ1) is 10.2. The number of hydrogen-bond donors (Lipinski definition) is 2. The third-order valence-corrected chi connectivity index (χ3v) is 7.31. The van der Waals surface area contributed by atoms with Crippen molar-refractivity contribution < 1.29 is 10.2 Å². The SMILES string of the molecule is C=CC(C)(O)CCC1C(C)CCC2C(C)(CO)CCCC12C. The van der Waals surface area contributed by atoms with E-state index in [0.29, 0.717) is 29.8 Å². The van der Waals surface area contributed by atoms with E-state index in [9.17, 15) is 10.2 Å². The van der Waals surface area contributed by atoms with Gasteiger partial charge in [-0.25, -0.2) is 0 Å². The van der Waals surface area contributed by atoms with Crippen LogP contribution in [0.25, 0.3) is 0 Å². The van der Waals surface area contributed by atoms with Crippen molar-refractivity contribution in [1.29, 1.82) is 0 Å². The number of aliphatic hydroxyl groups excluding tert-OH is 1. The lowest BCUT2D eigenvalue weighted by atomic mass is 9.45. The maximum absolute atomic E-state index is 10.3. The highest BCUT2D eigenvalue weighted by Crippen LogP contribution is 2.62. The molecule has 2 N–H and O–H groups in total. The summed E-state index contributed by atoms with van der Waals surface area (Å²) >= 11 is 0. The average molecular weight is 309 g/mol. The minimum Gasteiger partial charge on any atom is -0.396 e. The Morgan fingerprint density at radius 2 is 1.95 bits per heavy atom. The summed E-state index contributed by atoms with van der Waals surface area (Å²) in [5.74, 6) is 1.97. The minimum absolute atomic E-state index is 0.0896. The Morgan fingerprint density at radius 1 is 1.27 bits per heavy atom. The second-order valence-corrected chi connectivity index (χ2v) is 8.99. The van der Waals surface area contributed by atoms with Gasteiger partial charge in [0.05, 0.1) is 5.60 Å². The fourth-order valence-corrected chi connectivity index (χ4v) is 5.77. The molecule has 0 spiro atoms. The zero-order chi connectivity index (χ0) is 16.6. The third-order valence-electron chi connectivity index (χ3n) is 7.31. The smallest absolute Gasteiger partial charge is 0.0797 e. The van der Waals surface area contributed by atoms with Crippen LogP contribution in [0.5, 0.6) is 0 Å². The molecule has 0 radical (unpaired) electrons. The van der Waals surface area contributed by atoms with Gasteiger partial charge in [0.1, 0.15) is 0 Å². The molecular weight excluding hydrogens is 272 g/mol.